The van der Waals surface area contributed by atoms with Gasteiger partial charge in [-0.2, -0.15) is 0 Å². The van der Waals surface area contributed by atoms with E-state index in [1.165, 1.54) is 12.1 Å². The molecule has 1 rings (SSSR count). The summed E-state index contributed by atoms with van der Waals surface area (Å²) in [4.78, 5) is 0.347. The van der Waals surface area contributed by atoms with Crippen LogP contribution in [0.3, 0.4) is 0 Å². The molecule has 1 aromatic rings. The molecule has 0 radical (unpaired) electrons. The van der Waals surface area contributed by atoms with Crippen LogP contribution in [0, 0.1) is 0 Å². The van der Waals surface area contributed by atoms with E-state index < -0.39 is 6.36 Å². The molecule has 0 atom stereocenters. The molecule has 0 aliphatic carbocycles. The van der Waals surface area contributed by atoms with Crippen LogP contribution in [0.4, 0.5) is 13.2 Å². The molecule has 0 bridgehead atoms. The van der Waals surface area contributed by atoms with Crippen molar-refractivity contribution in [2.24, 2.45) is 0 Å². The molecule has 0 fully saturated rings. The minimum atomic E-state index is -4.70. The Morgan fingerprint density at radius 2 is 1.80 bits per heavy atom. The number of hydrogen-bond acceptors (Lipinski definition) is 3. The fourth-order valence-electron chi connectivity index (χ4n) is 0.999. The second-order valence-electron chi connectivity index (χ2n) is 2.64. The van der Waals surface area contributed by atoms with Gasteiger partial charge in [-0.1, -0.05) is 0 Å². The molecule has 6 heteroatoms. The third kappa shape index (κ3) is 4.33. The second-order valence-corrected chi connectivity index (χ2v) is 3.16. The first kappa shape index (κ1) is 12.0. The molecule has 0 saturated carbocycles. The molecule has 0 heterocycles. The summed E-state index contributed by atoms with van der Waals surface area (Å²) in [7, 11) is 0. The van der Waals surface area contributed by atoms with Crippen LogP contribution in [0.2, 0.25) is 0 Å². The van der Waals surface area contributed by atoms with E-state index in [1.54, 1.807) is 6.92 Å². The van der Waals surface area contributed by atoms with E-state index in [1.807, 2.05) is 0 Å². The molecule has 84 valence electrons. The highest BCUT2D eigenvalue weighted by atomic mass is 32.1. The standard InChI is InChI=1S/C9H9F3O2S/c1-2-13-6-3-7(5-8(15)4-6)14-9(10,11)12/h3-5,15H,2H2,1H3. The third-order valence-electron chi connectivity index (χ3n) is 1.41. The Hall–Kier alpha value is -1.04. The zero-order chi connectivity index (χ0) is 11.5. The molecule has 0 aliphatic rings. The number of alkyl halides is 3. The summed E-state index contributed by atoms with van der Waals surface area (Å²) >= 11 is 3.94. The van der Waals surface area contributed by atoms with Gasteiger partial charge in [0.25, 0.3) is 0 Å². The summed E-state index contributed by atoms with van der Waals surface area (Å²) in [5, 5.41) is 0. The molecule has 0 aliphatic heterocycles. The maximum atomic E-state index is 11.9. The van der Waals surface area contributed by atoms with Crippen molar-refractivity contribution in [3.8, 4) is 11.5 Å². The lowest BCUT2D eigenvalue weighted by molar-refractivity contribution is -0.274. The van der Waals surface area contributed by atoms with Crippen LogP contribution in [0.5, 0.6) is 11.5 Å². The summed E-state index contributed by atoms with van der Waals surface area (Å²) in [5.41, 5.74) is 0. The first-order valence-corrected chi connectivity index (χ1v) is 4.58. The number of benzene rings is 1. The Morgan fingerprint density at radius 3 is 2.33 bits per heavy atom. The highest BCUT2D eigenvalue weighted by molar-refractivity contribution is 7.80. The Morgan fingerprint density at radius 1 is 1.20 bits per heavy atom. The highest BCUT2D eigenvalue weighted by Crippen LogP contribution is 2.29. The molecule has 0 spiro atoms. The summed E-state index contributed by atoms with van der Waals surface area (Å²) in [6, 6.07) is 3.84. The summed E-state index contributed by atoms with van der Waals surface area (Å²) in [6.45, 7) is 2.10. The average molecular weight is 238 g/mol. The van der Waals surface area contributed by atoms with Crippen molar-refractivity contribution in [1.82, 2.24) is 0 Å². The number of thiol groups is 1. The van der Waals surface area contributed by atoms with Crippen molar-refractivity contribution >= 4 is 12.6 Å². The van der Waals surface area contributed by atoms with Crippen LogP contribution in [-0.4, -0.2) is 13.0 Å². The van der Waals surface area contributed by atoms with Gasteiger partial charge in [0.15, 0.2) is 0 Å². The van der Waals surface area contributed by atoms with E-state index in [2.05, 4.69) is 17.4 Å². The van der Waals surface area contributed by atoms with Gasteiger partial charge in [-0.05, 0) is 19.1 Å². The average Bonchev–Trinajstić information content (AvgIpc) is 1.99. The highest BCUT2D eigenvalue weighted by Gasteiger charge is 2.31. The van der Waals surface area contributed by atoms with Crippen LogP contribution in [0.1, 0.15) is 6.92 Å². The second kappa shape index (κ2) is 4.65. The Kier molecular flexibility index (Phi) is 3.73. The van der Waals surface area contributed by atoms with Gasteiger partial charge < -0.3 is 9.47 Å². The summed E-state index contributed by atoms with van der Waals surface area (Å²) in [6.07, 6.45) is -4.70. The molecule has 15 heavy (non-hydrogen) atoms. The summed E-state index contributed by atoms with van der Waals surface area (Å²) < 4.78 is 44.5. The van der Waals surface area contributed by atoms with Crippen LogP contribution in [0.15, 0.2) is 23.1 Å². The number of rotatable bonds is 3. The first-order valence-electron chi connectivity index (χ1n) is 4.13. The van der Waals surface area contributed by atoms with Gasteiger partial charge in [0, 0.05) is 11.0 Å². The van der Waals surface area contributed by atoms with E-state index in [4.69, 9.17) is 4.74 Å². The fourth-order valence-corrected chi connectivity index (χ4v) is 1.25. The van der Waals surface area contributed by atoms with Crippen molar-refractivity contribution in [3.63, 3.8) is 0 Å². The molecule has 1 aromatic carbocycles. The number of hydrogen-bond donors (Lipinski definition) is 1. The minimum absolute atomic E-state index is 0.296. The molecular weight excluding hydrogens is 229 g/mol. The minimum Gasteiger partial charge on any atom is -0.494 e. The summed E-state index contributed by atoms with van der Waals surface area (Å²) in [5.74, 6) is -0.0392. The molecule has 2 nitrogen and oxygen atoms in total. The lowest BCUT2D eigenvalue weighted by atomic mass is 10.3. The predicted molar refractivity (Wildman–Crippen MR) is 51.5 cm³/mol. The van der Waals surface area contributed by atoms with Crippen molar-refractivity contribution in [1.29, 1.82) is 0 Å². The zero-order valence-corrected chi connectivity index (χ0v) is 8.73. The quantitative estimate of drug-likeness (QED) is 0.815. The van der Waals surface area contributed by atoms with E-state index in [0.717, 1.165) is 6.07 Å². The lowest BCUT2D eigenvalue weighted by Crippen LogP contribution is -2.17. The lowest BCUT2D eigenvalue weighted by Gasteiger charge is -2.11. The molecule has 0 N–H and O–H groups in total. The van der Waals surface area contributed by atoms with Gasteiger partial charge >= 0.3 is 6.36 Å². The molecule has 0 unspecified atom stereocenters. The van der Waals surface area contributed by atoms with Crippen LogP contribution in [0.25, 0.3) is 0 Å². The monoisotopic (exact) mass is 238 g/mol. The number of halogens is 3. The topological polar surface area (TPSA) is 18.5 Å². The van der Waals surface area contributed by atoms with Gasteiger partial charge in [-0.15, -0.1) is 25.8 Å². The maximum Gasteiger partial charge on any atom is 0.573 e. The van der Waals surface area contributed by atoms with Crippen LogP contribution < -0.4 is 9.47 Å². The smallest absolute Gasteiger partial charge is 0.494 e. The Labute approximate surface area is 90.4 Å². The molecule has 0 aromatic heterocycles. The number of ether oxygens (including phenoxy) is 2. The van der Waals surface area contributed by atoms with E-state index in [0.29, 0.717) is 17.3 Å². The van der Waals surface area contributed by atoms with Gasteiger partial charge in [0.05, 0.1) is 6.61 Å². The molecule has 0 amide bonds. The van der Waals surface area contributed by atoms with Crippen molar-refractivity contribution in [3.05, 3.63) is 18.2 Å². The fraction of sp³-hybridized carbons (Fsp3) is 0.333. The predicted octanol–water partition coefficient (Wildman–Crippen LogP) is 3.27. The normalized spacial score (nSPS) is 11.3. The van der Waals surface area contributed by atoms with Crippen molar-refractivity contribution < 1.29 is 22.6 Å². The van der Waals surface area contributed by atoms with Gasteiger partial charge in [0.2, 0.25) is 0 Å². The SMILES string of the molecule is CCOc1cc(S)cc(OC(F)(F)F)c1. The van der Waals surface area contributed by atoms with Crippen molar-refractivity contribution in [2.75, 3.05) is 6.61 Å². The molecule has 0 saturated heterocycles. The van der Waals surface area contributed by atoms with Crippen LogP contribution in [-0.2, 0) is 0 Å². The van der Waals surface area contributed by atoms with Gasteiger partial charge in [0.1, 0.15) is 11.5 Å². The van der Waals surface area contributed by atoms with E-state index >= 15 is 0 Å². The Bertz CT molecular complexity index is 339. The third-order valence-corrected chi connectivity index (χ3v) is 1.67. The van der Waals surface area contributed by atoms with Gasteiger partial charge in [-0.25, -0.2) is 0 Å². The first-order chi connectivity index (χ1) is 6.90. The zero-order valence-electron chi connectivity index (χ0n) is 7.84. The van der Waals surface area contributed by atoms with Gasteiger partial charge in [-0.3, -0.25) is 0 Å². The van der Waals surface area contributed by atoms with E-state index in [9.17, 15) is 13.2 Å². The van der Waals surface area contributed by atoms with Crippen molar-refractivity contribution in [2.45, 2.75) is 18.2 Å². The van der Waals surface area contributed by atoms with Crippen LogP contribution >= 0.6 is 12.6 Å². The maximum absolute atomic E-state index is 11.9. The van der Waals surface area contributed by atoms with E-state index in [-0.39, 0.29) is 5.75 Å². The molecular formula is C9H9F3O2S. The Balaban J connectivity index is 2.88. The largest absolute Gasteiger partial charge is 0.573 e.